The Morgan fingerprint density at radius 2 is 2.25 bits per heavy atom. The third-order valence-electron chi connectivity index (χ3n) is 2.35. The van der Waals surface area contributed by atoms with Crippen LogP contribution in [-0.4, -0.2) is 25.7 Å². The van der Waals surface area contributed by atoms with Gasteiger partial charge in [-0.25, -0.2) is 0 Å². The molecular weight excluding hydrogens is 206 g/mol. The number of para-hydroxylation sites is 1. The van der Waals surface area contributed by atoms with Gasteiger partial charge in [0.05, 0.1) is 23.0 Å². The summed E-state index contributed by atoms with van der Waals surface area (Å²) < 4.78 is 5.09. The smallest absolute Gasteiger partial charge is 0.250 e. The van der Waals surface area contributed by atoms with E-state index in [1.54, 1.807) is 25.3 Å². The van der Waals surface area contributed by atoms with Crippen LogP contribution in [0.25, 0.3) is 0 Å². The molecule has 0 heterocycles. The third kappa shape index (κ3) is 2.87. The highest BCUT2D eigenvalue weighted by Crippen LogP contribution is 2.22. The standard InChI is InChI=1S/C11H17N3O2/c1-7(16-2)6-14-9-5-3-4-8(10(9)12)11(13)15/h3-5,7,14H,6,12H2,1-2H3,(H2,13,15). The molecule has 1 rings (SSSR count). The fourth-order valence-corrected chi connectivity index (χ4v) is 1.27. The Balaban J connectivity index is 2.81. The minimum atomic E-state index is -0.527. The lowest BCUT2D eigenvalue weighted by atomic mass is 10.1. The molecule has 1 aromatic rings. The number of hydrogen-bond acceptors (Lipinski definition) is 4. The first kappa shape index (κ1) is 12.3. The number of nitrogens with one attached hydrogen (secondary N) is 1. The Hall–Kier alpha value is -1.75. The average molecular weight is 223 g/mol. The second-order valence-corrected chi connectivity index (χ2v) is 3.56. The van der Waals surface area contributed by atoms with Gasteiger partial charge >= 0.3 is 0 Å². The van der Waals surface area contributed by atoms with Crippen LogP contribution in [0.2, 0.25) is 0 Å². The van der Waals surface area contributed by atoms with Crippen LogP contribution < -0.4 is 16.8 Å². The van der Waals surface area contributed by atoms with E-state index in [4.69, 9.17) is 16.2 Å². The lowest BCUT2D eigenvalue weighted by Gasteiger charge is -2.14. The number of carbonyl (C=O) groups excluding carboxylic acids is 1. The normalized spacial score (nSPS) is 12.1. The van der Waals surface area contributed by atoms with Gasteiger partial charge in [-0.05, 0) is 19.1 Å². The topological polar surface area (TPSA) is 90.4 Å². The zero-order valence-corrected chi connectivity index (χ0v) is 9.49. The minimum Gasteiger partial charge on any atom is -0.396 e. The summed E-state index contributed by atoms with van der Waals surface area (Å²) in [6.07, 6.45) is 0.0663. The van der Waals surface area contributed by atoms with E-state index in [9.17, 15) is 4.79 Å². The predicted octanol–water partition coefficient (Wildman–Crippen LogP) is 0.815. The van der Waals surface area contributed by atoms with Gasteiger partial charge in [-0.15, -0.1) is 0 Å². The quantitative estimate of drug-likeness (QED) is 0.644. The zero-order valence-electron chi connectivity index (χ0n) is 9.49. The summed E-state index contributed by atoms with van der Waals surface area (Å²) in [4.78, 5) is 11.1. The number of benzene rings is 1. The average Bonchev–Trinajstić information content (AvgIpc) is 2.26. The molecule has 88 valence electrons. The number of nitrogens with two attached hydrogens (primary N) is 2. The molecule has 0 aromatic heterocycles. The Labute approximate surface area is 94.8 Å². The molecule has 0 aliphatic rings. The van der Waals surface area contributed by atoms with E-state index in [0.717, 1.165) is 0 Å². The molecule has 0 aliphatic carbocycles. The Morgan fingerprint density at radius 1 is 1.56 bits per heavy atom. The van der Waals surface area contributed by atoms with Gasteiger partial charge in [0.1, 0.15) is 0 Å². The minimum absolute atomic E-state index is 0.0663. The highest BCUT2D eigenvalue weighted by Gasteiger charge is 2.09. The van der Waals surface area contributed by atoms with Crippen molar-refractivity contribution in [3.63, 3.8) is 0 Å². The molecule has 1 atom stereocenters. The predicted molar refractivity (Wildman–Crippen MR) is 64.3 cm³/mol. The van der Waals surface area contributed by atoms with Crippen LogP contribution in [0.1, 0.15) is 17.3 Å². The molecule has 0 bridgehead atoms. The Morgan fingerprint density at radius 3 is 2.81 bits per heavy atom. The van der Waals surface area contributed by atoms with E-state index in [2.05, 4.69) is 5.32 Å². The molecule has 0 saturated carbocycles. The van der Waals surface area contributed by atoms with Crippen LogP contribution in [0.5, 0.6) is 0 Å². The lowest BCUT2D eigenvalue weighted by molar-refractivity contribution is 0.100. The molecule has 1 aromatic carbocycles. The summed E-state index contributed by atoms with van der Waals surface area (Å²) in [6, 6.07) is 5.13. The summed E-state index contributed by atoms with van der Waals surface area (Å²) in [5.41, 5.74) is 12.4. The van der Waals surface area contributed by atoms with Crippen molar-refractivity contribution in [2.45, 2.75) is 13.0 Å². The van der Waals surface area contributed by atoms with Crippen LogP contribution in [0, 0.1) is 0 Å². The van der Waals surface area contributed by atoms with Gasteiger partial charge in [0.15, 0.2) is 0 Å². The van der Waals surface area contributed by atoms with Gasteiger partial charge < -0.3 is 21.5 Å². The Kier molecular flexibility index (Phi) is 4.13. The number of nitrogen functional groups attached to an aromatic ring is 1. The van der Waals surface area contributed by atoms with E-state index in [-0.39, 0.29) is 6.10 Å². The number of primary amides is 1. The Bertz CT molecular complexity index is 379. The molecular formula is C11H17N3O2. The number of hydrogen-bond donors (Lipinski definition) is 3. The number of carbonyl (C=O) groups is 1. The first-order chi connectivity index (χ1) is 7.56. The molecule has 0 spiro atoms. The molecule has 1 amide bonds. The summed E-state index contributed by atoms with van der Waals surface area (Å²) in [5.74, 6) is -0.527. The number of amides is 1. The molecule has 5 N–H and O–H groups in total. The highest BCUT2D eigenvalue weighted by molar-refractivity contribution is 6.00. The summed E-state index contributed by atoms with van der Waals surface area (Å²) in [7, 11) is 1.63. The van der Waals surface area contributed by atoms with E-state index >= 15 is 0 Å². The fourth-order valence-electron chi connectivity index (χ4n) is 1.27. The van der Waals surface area contributed by atoms with Crippen LogP contribution in [0.3, 0.4) is 0 Å². The van der Waals surface area contributed by atoms with Crippen molar-refractivity contribution in [1.82, 2.24) is 0 Å². The van der Waals surface area contributed by atoms with Gasteiger partial charge in [0.2, 0.25) is 0 Å². The van der Waals surface area contributed by atoms with Gasteiger partial charge in [-0.3, -0.25) is 4.79 Å². The second-order valence-electron chi connectivity index (χ2n) is 3.56. The van der Waals surface area contributed by atoms with Crippen molar-refractivity contribution >= 4 is 17.3 Å². The molecule has 0 aliphatic heterocycles. The maximum atomic E-state index is 11.1. The monoisotopic (exact) mass is 223 g/mol. The number of ether oxygens (including phenoxy) is 1. The molecule has 1 unspecified atom stereocenters. The van der Waals surface area contributed by atoms with E-state index < -0.39 is 5.91 Å². The van der Waals surface area contributed by atoms with E-state index in [1.165, 1.54) is 0 Å². The second kappa shape index (κ2) is 5.37. The van der Waals surface area contributed by atoms with E-state index in [1.807, 2.05) is 6.92 Å². The maximum Gasteiger partial charge on any atom is 0.250 e. The third-order valence-corrected chi connectivity index (χ3v) is 2.35. The van der Waals surface area contributed by atoms with Crippen LogP contribution >= 0.6 is 0 Å². The summed E-state index contributed by atoms with van der Waals surface area (Å²) in [6.45, 7) is 2.55. The van der Waals surface area contributed by atoms with Crippen molar-refractivity contribution < 1.29 is 9.53 Å². The van der Waals surface area contributed by atoms with Crippen LogP contribution in [0.4, 0.5) is 11.4 Å². The van der Waals surface area contributed by atoms with Crippen molar-refractivity contribution in [3.8, 4) is 0 Å². The molecule has 0 fully saturated rings. The van der Waals surface area contributed by atoms with Crippen molar-refractivity contribution in [1.29, 1.82) is 0 Å². The molecule has 0 radical (unpaired) electrons. The first-order valence-corrected chi connectivity index (χ1v) is 5.01. The van der Waals surface area contributed by atoms with Gasteiger partial charge in [0, 0.05) is 13.7 Å². The van der Waals surface area contributed by atoms with Crippen molar-refractivity contribution in [2.24, 2.45) is 5.73 Å². The van der Waals surface area contributed by atoms with Crippen LogP contribution in [0.15, 0.2) is 18.2 Å². The molecule has 16 heavy (non-hydrogen) atoms. The maximum absolute atomic E-state index is 11.1. The molecule has 0 saturated heterocycles. The summed E-state index contributed by atoms with van der Waals surface area (Å²) in [5, 5.41) is 3.10. The number of anilines is 2. The molecule has 5 heteroatoms. The van der Waals surface area contributed by atoms with Gasteiger partial charge in [-0.2, -0.15) is 0 Å². The summed E-state index contributed by atoms with van der Waals surface area (Å²) >= 11 is 0. The SMILES string of the molecule is COC(C)CNc1cccc(C(N)=O)c1N. The number of methoxy groups -OCH3 is 1. The number of rotatable bonds is 5. The van der Waals surface area contributed by atoms with Crippen molar-refractivity contribution in [2.75, 3.05) is 24.7 Å². The van der Waals surface area contributed by atoms with Crippen LogP contribution in [-0.2, 0) is 4.74 Å². The lowest BCUT2D eigenvalue weighted by Crippen LogP contribution is -2.20. The largest absolute Gasteiger partial charge is 0.396 e. The van der Waals surface area contributed by atoms with Gasteiger partial charge in [0.25, 0.3) is 5.91 Å². The van der Waals surface area contributed by atoms with Gasteiger partial charge in [-0.1, -0.05) is 6.07 Å². The fraction of sp³-hybridized carbons (Fsp3) is 0.364. The van der Waals surface area contributed by atoms with Crippen molar-refractivity contribution in [3.05, 3.63) is 23.8 Å². The highest BCUT2D eigenvalue weighted by atomic mass is 16.5. The first-order valence-electron chi connectivity index (χ1n) is 5.01. The zero-order chi connectivity index (χ0) is 12.1. The van der Waals surface area contributed by atoms with E-state index in [0.29, 0.717) is 23.5 Å². The molecule has 5 nitrogen and oxygen atoms in total.